The third kappa shape index (κ3) is 6.48. The van der Waals surface area contributed by atoms with Crippen LogP contribution in [0, 0.1) is 6.92 Å². The molecular weight excluding hydrogens is 476 g/mol. The molecule has 3 N–H and O–H groups in total. The molecule has 1 aliphatic carbocycles. The molecule has 1 unspecified atom stereocenters. The van der Waals surface area contributed by atoms with Gasteiger partial charge in [0.2, 0.25) is 17.7 Å². The second kappa shape index (κ2) is 11.8. The van der Waals surface area contributed by atoms with Crippen LogP contribution in [0.5, 0.6) is 5.75 Å². The summed E-state index contributed by atoms with van der Waals surface area (Å²) in [5.74, 6) is -0.888. The van der Waals surface area contributed by atoms with Gasteiger partial charge in [0.05, 0.1) is 0 Å². The first-order valence-corrected chi connectivity index (χ1v) is 13.0. The average molecular weight is 507 g/mol. The first-order valence-electron chi connectivity index (χ1n) is 12.1. The van der Waals surface area contributed by atoms with Crippen LogP contribution in [0.25, 0.3) is 0 Å². The van der Waals surface area contributed by atoms with Gasteiger partial charge in [-0.05, 0) is 49.6 Å². The smallest absolute Gasteiger partial charge is 0.248 e. The Hall–Kier alpha value is -3.72. The summed E-state index contributed by atoms with van der Waals surface area (Å²) in [6.07, 6.45) is 5.39. The number of carbonyl (C=O) groups excluding carboxylic acids is 3. The minimum absolute atomic E-state index is 0.0483. The zero-order chi connectivity index (χ0) is 25.5. The highest BCUT2D eigenvalue weighted by Gasteiger charge is 2.34. The normalized spacial score (nSPS) is 14.2. The quantitative estimate of drug-likeness (QED) is 0.389. The number of phenols is 1. The Morgan fingerprint density at radius 2 is 1.75 bits per heavy atom. The van der Waals surface area contributed by atoms with E-state index in [1.54, 1.807) is 35.8 Å². The number of carbonyl (C=O) groups is 3. The Labute approximate surface area is 214 Å². The van der Waals surface area contributed by atoms with E-state index in [2.05, 4.69) is 15.6 Å². The van der Waals surface area contributed by atoms with E-state index in [-0.39, 0.29) is 42.4 Å². The average Bonchev–Trinajstić information content (AvgIpc) is 3.57. The lowest BCUT2D eigenvalue weighted by Gasteiger charge is -2.32. The Balaban J connectivity index is 1.63. The fraction of sp³-hybridized carbons (Fsp3) is 0.333. The van der Waals surface area contributed by atoms with E-state index in [4.69, 9.17) is 0 Å². The van der Waals surface area contributed by atoms with Gasteiger partial charge >= 0.3 is 0 Å². The number of aromatic hydroxyl groups is 1. The summed E-state index contributed by atoms with van der Waals surface area (Å²) < 4.78 is 0. The lowest BCUT2D eigenvalue weighted by molar-refractivity contribution is -0.127. The van der Waals surface area contributed by atoms with Gasteiger partial charge in [0, 0.05) is 36.1 Å². The van der Waals surface area contributed by atoms with Crippen molar-refractivity contribution in [1.29, 1.82) is 0 Å². The van der Waals surface area contributed by atoms with Gasteiger partial charge in [-0.3, -0.25) is 19.3 Å². The molecule has 4 rings (SSSR count). The molecule has 1 heterocycles. The van der Waals surface area contributed by atoms with Crippen LogP contribution < -0.4 is 15.5 Å². The lowest BCUT2D eigenvalue weighted by atomic mass is 10.0. The van der Waals surface area contributed by atoms with Crippen molar-refractivity contribution in [3.8, 4) is 5.75 Å². The molecule has 1 aromatic heterocycles. The molecule has 1 aliphatic rings. The van der Waals surface area contributed by atoms with Crippen molar-refractivity contribution in [2.24, 2.45) is 0 Å². The molecule has 9 heteroatoms. The molecular formula is C27H30N4O4S. The summed E-state index contributed by atoms with van der Waals surface area (Å²) in [5.41, 5.74) is 2.15. The molecule has 0 aliphatic heterocycles. The van der Waals surface area contributed by atoms with Crippen LogP contribution in [-0.4, -0.2) is 33.9 Å². The number of thiazole rings is 1. The molecule has 1 fully saturated rings. The summed E-state index contributed by atoms with van der Waals surface area (Å²) in [5, 5.41) is 17.9. The largest absolute Gasteiger partial charge is 0.508 e. The Bertz CT molecular complexity index is 1170. The fourth-order valence-corrected chi connectivity index (χ4v) is 4.92. The van der Waals surface area contributed by atoms with Gasteiger partial charge in [-0.25, -0.2) is 4.98 Å². The SMILES string of the molecule is Cc1ccc(N(C(=O)CCC(=O)Nc2nccs2)C(C(=O)NC2CCCC2)c2ccc(O)cc2)cc1. The predicted octanol–water partition coefficient (Wildman–Crippen LogP) is 4.71. The number of amides is 3. The van der Waals surface area contributed by atoms with Gasteiger partial charge in [0.15, 0.2) is 5.13 Å². The molecule has 3 aromatic rings. The summed E-state index contributed by atoms with van der Waals surface area (Å²) in [6.45, 7) is 1.95. The standard InChI is InChI=1S/C27H30N4O4S/c1-18-6-10-21(11-7-18)31(24(34)15-14-23(33)30-27-28-16-17-36-27)25(19-8-12-22(32)13-9-19)26(35)29-20-4-2-3-5-20/h6-13,16-17,20,25,32H,2-5,14-15H2,1H3,(H,29,35)(H,28,30,33). The number of aryl methyl sites for hydroxylation is 1. The van der Waals surface area contributed by atoms with E-state index in [1.165, 1.54) is 28.4 Å². The third-order valence-electron chi connectivity index (χ3n) is 6.24. The molecule has 1 saturated carbocycles. The van der Waals surface area contributed by atoms with Crippen LogP contribution in [-0.2, 0) is 14.4 Å². The zero-order valence-electron chi connectivity index (χ0n) is 20.1. The molecule has 1 atom stereocenters. The molecule has 0 saturated heterocycles. The maximum Gasteiger partial charge on any atom is 0.248 e. The first kappa shape index (κ1) is 25.4. The van der Waals surface area contributed by atoms with Crippen LogP contribution in [0.3, 0.4) is 0 Å². The summed E-state index contributed by atoms with van der Waals surface area (Å²) in [6, 6.07) is 12.8. The molecule has 8 nitrogen and oxygen atoms in total. The van der Waals surface area contributed by atoms with Crippen molar-refractivity contribution in [3.63, 3.8) is 0 Å². The number of hydrogen-bond donors (Lipinski definition) is 3. The van der Waals surface area contributed by atoms with Gasteiger partial charge in [-0.15, -0.1) is 11.3 Å². The minimum Gasteiger partial charge on any atom is -0.508 e. The maximum atomic E-state index is 13.7. The van der Waals surface area contributed by atoms with Crippen molar-refractivity contribution in [1.82, 2.24) is 10.3 Å². The molecule has 0 spiro atoms. The van der Waals surface area contributed by atoms with E-state index in [0.29, 0.717) is 16.4 Å². The van der Waals surface area contributed by atoms with Crippen LogP contribution in [0.15, 0.2) is 60.1 Å². The first-order chi connectivity index (χ1) is 17.4. The van der Waals surface area contributed by atoms with Gasteiger partial charge in [0.1, 0.15) is 11.8 Å². The number of rotatable bonds is 9. The maximum absolute atomic E-state index is 13.7. The third-order valence-corrected chi connectivity index (χ3v) is 6.93. The van der Waals surface area contributed by atoms with Gasteiger partial charge in [0.25, 0.3) is 0 Å². The van der Waals surface area contributed by atoms with E-state index < -0.39 is 6.04 Å². The number of phenolic OH excluding ortho intramolecular Hbond substituents is 1. The topological polar surface area (TPSA) is 112 Å². The van der Waals surface area contributed by atoms with Crippen LogP contribution >= 0.6 is 11.3 Å². The lowest BCUT2D eigenvalue weighted by Crippen LogP contribution is -2.46. The number of aromatic nitrogens is 1. The van der Waals surface area contributed by atoms with Gasteiger partial charge in [-0.1, -0.05) is 42.7 Å². The summed E-state index contributed by atoms with van der Waals surface area (Å²) >= 11 is 1.30. The van der Waals surface area contributed by atoms with Crippen molar-refractivity contribution >= 4 is 39.9 Å². The van der Waals surface area contributed by atoms with E-state index in [1.807, 2.05) is 19.1 Å². The van der Waals surface area contributed by atoms with Crippen molar-refractivity contribution in [2.45, 2.75) is 57.5 Å². The van der Waals surface area contributed by atoms with E-state index >= 15 is 0 Å². The van der Waals surface area contributed by atoms with Crippen LogP contribution in [0.4, 0.5) is 10.8 Å². The Morgan fingerprint density at radius 1 is 1.06 bits per heavy atom. The summed E-state index contributed by atoms with van der Waals surface area (Å²) in [7, 11) is 0. The molecule has 0 radical (unpaired) electrons. The van der Waals surface area contributed by atoms with Crippen LogP contribution in [0.1, 0.15) is 55.7 Å². The van der Waals surface area contributed by atoms with Crippen molar-refractivity contribution in [2.75, 3.05) is 10.2 Å². The molecule has 2 aromatic carbocycles. The number of nitrogens with zero attached hydrogens (tertiary/aromatic N) is 2. The highest BCUT2D eigenvalue weighted by atomic mass is 32.1. The second-order valence-corrected chi connectivity index (χ2v) is 9.86. The number of anilines is 2. The molecule has 188 valence electrons. The summed E-state index contributed by atoms with van der Waals surface area (Å²) in [4.78, 5) is 45.3. The fourth-order valence-electron chi connectivity index (χ4n) is 4.37. The minimum atomic E-state index is -0.955. The highest BCUT2D eigenvalue weighted by molar-refractivity contribution is 7.13. The van der Waals surface area contributed by atoms with Crippen molar-refractivity contribution < 1.29 is 19.5 Å². The number of benzene rings is 2. The molecule has 0 bridgehead atoms. The Morgan fingerprint density at radius 3 is 2.39 bits per heavy atom. The number of hydrogen-bond acceptors (Lipinski definition) is 6. The van der Waals surface area contributed by atoms with E-state index in [0.717, 1.165) is 31.2 Å². The monoisotopic (exact) mass is 506 g/mol. The van der Waals surface area contributed by atoms with E-state index in [9.17, 15) is 19.5 Å². The number of nitrogens with one attached hydrogen (secondary N) is 2. The predicted molar refractivity (Wildman–Crippen MR) is 140 cm³/mol. The van der Waals surface area contributed by atoms with Crippen molar-refractivity contribution in [3.05, 3.63) is 71.2 Å². The molecule has 36 heavy (non-hydrogen) atoms. The zero-order valence-corrected chi connectivity index (χ0v) is 21.0. The van der Waals surface area contributed by atoms with Crippen LogP contribution in [0.2, 0.25) is 0 Å². The second-order valence-electron chi connectivity index (χ2n) is 8.97. The van der Waals surface area contributed by atoms with Gasteiger partial charge in [-0.2, -0.15) is 0 Å². The molecule has 3 amide bonds. The Kier molecular flexibility index (Phi) is 8.32. The highest BCUT2D eigenvalue weighted by Crippen LogP contribution is 2.31. The van der Waals surface area contributed by atoms with Gasteiger partial charge < -0.3 is 15.7 Å².